The molecule has 0 amide bonds. The van der Waals surface area contributed by atoms with E-state index in [9.17, 15) is 4.79 Å². The van der Waals surface area contributed by atoms with E-state index in [1.54, 1.807) is 5.57 Å². The summed E-state index contributed by atoms with van der Waals surface area (Å²) in [5.74, 6) is 5.34. The highest BCUT2D eigenvalue weighted by molar-refractivity contribution is 5.69. The molecule has 0 N–H and O–H groups in total. The fraction of sp³-hybridized carbons (Fsp3) is 0.923. The van der Waals surface area contributed by atoms with Gasteiger partial charge in [0.1, 0.15) is 6.10 Å². The number of fused-ring (bicyclic) bond motifs is 5. The van der Waals surface area contributed by atoms with Crippen molar-refractivity contribution in [2.75, 3.05) is 0 Å². The van der Waals surface area contributed by atoms with Crippen molar-refractivity contribution in [3.8, 4) is 0 Å². The minimum absolute atomic E-state index is 0.0591. The van der Waals surface area contributed by atoms with Gasteiger partial charge in [0.15, 0.2) is 0 Å². The van der Waals surface area contributed by atoms with Crippen molar-refractivity contribution < 1.29 is 9.53 Å². The van der Waals surface area contributed by atoms with Crippen molar-refractivity contribution in [3.05, 3.63) is 11.6 Å². The van der Waals surface area contributed by atoms with Gasteiger partial charge in [-0.05, 0) is 97.7 Å². The molecule has 0 aromatic carbocycles. The summed E-state index contributed by atoms with van der Waals surface area (Å²) in [6.07, 6.45) is 29.6. The van der Waals surface area contributed by atoms with E-state index in [0.29, 0.717) is 17.3 Å². The average Bonchev–Trinajstić information content (AvgIpc) is 3.29. The molecule has 0 spiro atoms. The third kappa shape index (κ3) is 8.03. The van der Waals surface area contributed by atoms with Gasteiger partial charge in [-0.1, -0.05) is 124 Å². The second-order valence-corrected chi connectivity index (χ2v) is 16.2. The maximum atomic E-state index is 12.7. The fourth-order valence-electron chi connectivity index (χ4n) is 10.6. The normalized spacial score (nSPS) is 35.4. The standard InChI is InChI=1S/C39H68O2/c1-7-8-9-10-11-12-13-14-15-19-37(40)41-32-24-26-38(5)31(28-32)20-21-33-35-23-22-34(30(4)18-16-17-29(2)3)39(35,6)27-25-36(33)38/h20,29-30,32-36H,7-19,21-28H2,1-6H3/t30-,32+,33-,34+,35-,36-,38-,39+/m0/s1. The summed E-state index contributed by atoms with van der Waals surface area (Å²) in [7, 11) is 0. The number of hydrogen-bond donors (Lipinski definition) is 0. The van der Waals surface area contributed by atoms with Crippen molar-refractivity contribution in [2.45, 2.75) is 182 Å². The first-order chi connectivity index (χ1) is 19.7. The number of allylic oxidation sites excluding steroid dienone is 1. The van der Waals surface area contributed by atoms with Crippen LogP contribution in [-0.4, -0.2) is 12.1 Å². The van der Waals surface area contributed by atoms with Crippen molar-refractivity contribution in [1.82, 2.24) is 0 Å². The van der Waals surface area contributed by atoms with E-state index < -0.39 is 0 Å². The zero-order chi connectivity index (χ0) is 29.5. The van der Waals surface area contributed by atoms with Gasteiger partial charge in [0.05, 0.1) is 0 Å². The SMILES string of the molecule is CCCCCCCCCCCC(=O)O[C@@H]1CC[C@@]2(C)C(=CC[C@H]3[C@@H]4CC[C@H]([C@@H](C)CCCC(C)C)[C@@]4(C)CC[C@@H]32)C1. The summed E-state index contributed by atoms with van der Waals surface area (Å²) in [4.78, 5) is 12.7. The molecule has 0 aromatic rings. The van der Waals surface area contributed by atoms with Crippen LogP contribution in [0.5, 0.6) is 0 Å². The third-order valence-electron chi connectivity index (χ3n) is 13.0. The Hall–Kier alpha value is -0.790. The molecular weight excluding hydrogens is 500 g/mol. The molecule has 0 aromatic heterocycles. The Morgan fingerprint density at radius 2 is 1.56 bits per heavy atom. The molecule has 8 atom stereocenters. The summed E-state index contributed by atoms with van der Waals surface area (Å²) in [5, 5.41) is 0. The number of unbranched alkanes of at least 4 members (excludes halogenated alkanes) is 8. The van der Waals surface area contributed by atoms with Crippen LogP contribution in [0.25, 0.3) is 0 Å². The maximum Gasteiger partial charge on any atom is 0.306 e. The zero-order valence-electron chi connectivity index (χ0n) is 28.3. The van der Waals surface area contributed by atoms with Crippen LogP contribution in [0.15, 0.2) is 11.6 Å². The summed E-state index contributed by atoms with van der Waals surface area (Å²) >= 11 is 0. The highest BCUT2D eigenvalue weighted by Crippen LogP contribution is 2.67. The number of rotatable bonds is 16. The van der Waals surface area contributed by atoms with Gasteiger partial charge in [-0.2, -0.15) is 0 Å². The van der Waals surface area contributed by atoms with E-state index in [0.717, 1.165) is 54.8 Å². The van der Waals surface area contributed by atoms with Crippen LogP contribution in [-0.2, 0) is 9.53 Å². The molecule has 3 saturated carbocycles. The minimum Gasteiger partial charge on any atom is -0.462 e. The van der Waals surface area contributed by atoms with E-state index in [-0.39, 0.29) is 12.1 Å². The highest BCUT2D eigenvalue weighted by Gasteiger charge is 2.59. The number of hydrogen-bond acceptors (Lipinski definition) is 2. The molecule has 3 fully saturated rings. The lowest BCUT2D eigenvalue weighted by Crippen LogP contribution is -2.51. The van der Waals surface area contributed by atoms with E-state index >= 15 is 0 Å². The van der Waals surface area contributed by atoms with Gasteiger partial charge in [0.25, 0.3) is 0 Å². The molecule has 0 saturated heterocycles. The van der Waals surface area contributed by atoms with Crippen molar-refractivity contribution in [1.29, 1.82) is 0 Å². The van der Waals surface area contributed by atoms with Crippen LogP contribution in [0.3, 0.4) is 0 Å². The van der Waals surface area contributed by atoms with Gasteiger partial charge >= 0.3 is 5.97 Å². The predicted octanol–water partition coefficient (Wildman–Crippen LogP) is 11.9. The molecular formula is C39H68O2. The monoisotopic (exact) mass is 569 g/mol. The summed E-state index contributed by atoms with van der Waals surface area (Å²) in [6, 6.07) is 0. The highest BCUT2D eigenvalue weighted by atomic mass is 16.5. The first-order valence-corrected chi connectivity index (χ1v) is 18.6. The molecule has 0 heterocycles. The Morgan fingerprint density at radius 1 is 0.854 bits per heavy atom. The second kappa shape index (κ2) is 15.3. The minimum atomic E-state index is 0.0591. The summed E-state index contributed by atoms with van der Waals surface area (Å²) in [5.41, 5.74) is 2.54. The number of ether oxygens (including phenoxy) is 1. The zero-order valence-corrected chi connectivity index (χ0v) is 28.3. The second-order valence-electron chi connectivity index (χ2n) is 16.2. The van der Waals surface area contributed by atoms with Crippen LogP contribution in [0.4, 0.5) is 0 Å². The molecule has 2 heteroatoms. The van der Waals surface area contributed by atoms with Crippen LogP contribution in [0, 0.1) is 46.3 Å². The Bertz CT molecular complexity index is 843. The average molecular weight is 569 g/mol. The molecule has 41 heavy (non-hydrogen) atoms. The maximum absolute atomic E-state index is 12.7. The molecule has 4 aliphatic carbocycles. The summed E-state index contributed by atoms with van der Waals surface area (Å²) < 4.78 is 6.09. The van der Waals surface area contributed by atoms with Crippen LogP contribution < -0.4 is 0 Å². The lowest BCUT2D eigenvalue weighted by atomic mass is 9.47. The van der Waals surface area contributed by atoms with Gasteiger partial charge in [-0.3, -0.25) is 4.79 Å². The smallest absolute Gasteiger partial charge is 0.306 e. The molecule has 236 valence electrons. The molecule has 0 bridgehead atoms. The Kier molecular flexibility index (Phi) is 12.3. The van der Waals surface area contributed by atoms with Gasteiger partial charge in [0.2, 0.25) is 0 Å². The first-order valence-electron chi connectivity index (χ1n) is 18.6. The van der Waals surface area contributed by atoms with Gasteiger partial charge in [-0.15, -0.1) is 0 Å². The van der Waals surface area contributed by atoms with E-state index in [2.05, 4.69) is 47.6 Å². The van der Waals surface area contributed by atoms with Crippen molar-refractivity contribution >= 4 is 5.97 Å². The molecule has 4 rings (SSSR count). The molecule has 4 aliphatic rings. The van der Waals surface area contributed by atoms with Crippen LogP contribution in [0.2, 0.25) is 0 Å². The molecule has 2 nitrogen and oxygen atoms in total. The summed E-state index contributed by atoms with van der Waals surface area (Å²) in [6.45, 7) is 14.9. The molecule has 0 radical (unpaired) electrons. The van der Waals surface area contributed by atoms with Crippen LogP contribution >= 0.6 is 0 Å². The molecule has 0 unspecified atom stereocenters. The quantitative estimate of drug-likeness (QED) is 0.105. The van der Waals surface area contributed by atoms with E-state index in [4.69, 9.17) is 4.74 Å². The lowest BCUT2D eigenvalue weighted by molar-refractivity contribution is -0.151. The number of carbonyl (C=O) groups is 1. The van der Waals surface area contributed by atoms with Gasteiger partial charge in [-0.25, -0.2) is 0 Å². The van der Waals surface area contributed by atoms with E-state index in [1.807, 2.05) is 0 Å². The lowest BCUT2D eigenvalue weighted by Gasteiger charge is -2.58. The Balaban J connectivity index is 1.24. The van der Waals surface area contributed by atoms with Crippen molar-refractivity contribution in [3.63, 3.8) is 0 Å². The Labute approximate surface area is 255 Å². The topological polar surface area (TPSA) is 26.3 Å². The van der Waals surface area contributed by atoms with Crippen molar-refractivity contribution in [2.24, 2.45) is 46.3 Å². The first kappa shape index (κ1) is 33.1. The Morgan fingerprint density at radius 3 is 2.27 bits per heavy atom. The van der Waals surface area contributed by atoms with E-state index in [1.165, 1.54) is 109 Å². The largest absolute Gasteiger partial charge is 0.462 e. The van der Waals surface area contributed by atoms with Gasteiger partial charge < -0.3 is 4.74 Å². The third-order valence-corrected chi connectivity index (χ3v) is 13.0. The molecule has 0 aliphatic heterocycles. The number of carbonyl (C=O) groups excluding carboxylic acids is 1. The van der Waals surface area contributed by atoms with Gasteiger partial charge in [0, 0.05) is 12.8 Å². The number of esters is 1. The predicted molar refractivity (Wildman–Crippen MR) is 175 cm³/mol. The van der Waals surface area contributed by atoms with Crippen LogP contribution in [0.1, 0.15) is 176 Å². The fourth-order valence-corrected chi connectivity index (χ4v) is 10.6.